The lowest BCUT2D eigenvalue weighted by atomic mass is 10.1. The number of alkyl halides is 2. The van der Waals surface area contributed by atoms with E-state index in [1.165, 1.54) is 17.1 Å². The van der Waals surface area contributed by atoms with Gasteiger partial charge in [-0.15, -0.1) is 0 Å². The van der Waals surface area contributed by atoms with Gasteiger partial charge in [0.05, 0.1) is 12.8 Å². The zero-order valence-electron chi connectivity index (χ0n) is 10.8. The Morgan fingerprint density at radius 1 is 1.55 bits per heavy atom. The highest BCUT2D eigenvalue weighted by Crippen LogP contribution is 2.12. The molecule has 0 aliphatic rings. The van der Waals surface area contributed by atoms with Crippen molar-refractivity contribution in [3.63, 3.8) is 0 Å². The summed E-state index contributed by atoms with van der Waals surface area (Å²) in [5, 5.41) is 15.1. The van der Waals surface area contributed by atoms with Crippen molar-refractivity contribution >= 4 is 11.9 Å². The van der Waals surface area contributed by atoms with Crippen LogP contribution in [0.3, 0.4) is 0 Å². The summed E-state index contributed by atoms with van der Waals surface area (Å²) in [6, 6.07) is -1.23. The molecule has 2 N–H and O–H groups in total. The zero-order chi connectivity index (χ0) is 15.1. The van der Waals surface area contributed by atoms with Crippen LogP contribution in [-0.4, -0.2) is 46.4 Å². The molecule has 1 atom stereocenters. The maximum Gasteiger partial charge on any atom is 0.331 e. The van der Waals surface area contributed by atoms with Gasteiger partial charge in [0.25, 0.3) is 6.43 Å². The van der Waals surface area contributed by atoms with Gasteiger partial charge < -0.3 is 15.2 Å². The number of hydrogen-bond donors (Lipinski definition) is 2. The molecule has 1 aromatic heterocycles. The Bertz CT molecular complexity index is 464. The summed E-state index contributed by atoms with van der Waals surface area (Å²) < 4.78 is 29.5. The number of carboxylic acid groups (broad SMARTS) is 1. The number of amides is 1. The third-order valence-electron chi connectivity index (χ3n) is 2.33. The summed E-state index contributed by atoms with van der Waals surface area (Å²) in [7, 11) is 1.61. The Morgan fingerprint density at radius 3 is 2.75 bits per heavy atom. The summed E-state index contributed by atoms with van der Waals surface area (Å²) >= 11 is 0. The summed E-state index contributed by atoms with van der Waals surface area (Å²) in [6.45, 7) is -0.951. The lowest BCUT2D eigenvalue weighted by molar-refractivity contribution is -0.142. The molecule has 1 amide bonds. The number of aliphatic carboxylic acids is 1. The molecule has 0 aliphatic carbocycles. The third kappa shape index (κ3) is 5.31. The van der Waals surface area contributed by atoms with Gasteiger partial charge in [0.15, 0.2) is 6.04 Å². The van der Waals surface area contributed by atoms with E-state index in [0.29, 0.717) is 5.56 Å². The normalized spacial score (nSPS) is 12.4. The quantitative estimate of drug-likeness (QED) is 0.673. The average molecular weight is 291 g/mol. The highest BCUT2D eigenvalue weighted by molar-refractivity contribution is 5.84. The maximum absolute atomic E-state index is 11.8. The molecule has 0 fully saturated rings. The van der Waals surface area contributed by atoms with Crippen molar-refractivity contribution < 1.29 is 28.2 Å². The van der Waals surface area contributed by atoms with Gasteiger partial charge in [0.2, 0.25) is 5.91 Å². The number of rotatable bonds is 8. The van der Waals surface area contributed by atoms with Crippen molar-refractivity contribution in [1.82, 2.24) is 15.1 Å². The van der Waals surface area contributed by atoms with Crippen LogP contribution in [0.2, 0.25) is 0 Å². The third-order valence-corrected chi connectivity index (χ3v) is 2.33. The first-order chi connectivity index (χ1) is 9.40. The predicted octanol–water partition coefficient (Wildman–Crippen LogP) is 0.334. The van der Waals surface area contributed by atoms with Crippen LogP contribution < -0.4 is 5.32 Å². The van der Waals surface area contributed by atoms with Crippen molar-refractivity contribution in [3.05, 3.63) is 18.0 Å². The van der Waals surface area contributed by atoms with Gasteiger partial charge >= 0.3 is 5.97 Å². The largest absolute Gasteiger partial charge is 0.479 e. The number of aryl methyl sites for hydroxylation is 1. The van der Waals surface area contributed by atoms with Crippen LogP contribution in [0.25, 0.3) is 0 Å². The van der Waals surface area contributed by atoms with Crippen LogP contribution in [0.5, 0.6) is 0 Å². The van der Waals surface area contributed by atoms with Crippen LogP contribution >= 0.6 is 0 Å². The van der Waals surface area contributed by atoms with Crippen LogP contribution in [0.4, 0.5) is 8.78 Å². The lowest BCUT2D eigenvalue weighted by Crippen LogP contribution is -2.34. The fourth-order valence-electron chi connectivity index (χ4n) is 1.45. The van der Waals surface area contributed by atoms with Gasteiger partial charge in [-0.05, 0) is 0 Å². The highest BCUT2D eigenvalue weighted by atomic mass is 19.3. The molecule has 0 spiro atoms. The first-order valence-electron chi connectivity index (χ1n) is 5.76. The Balaban J connectivity index is 2.46. The lowest BCUT2D eigenvalue weighted by Gasteiger charge is -2.12. The SMILES string of the molecule is Cn1cc(C(NC(=O)CCOCC(F)F)C(=O)O)cn1. The summed E-state index contributed by atoms with van der Waals surface area (Å²) in [5.41, 5.74) is 0.321. The van der Waals surface area contributed by atoms with Gasteiger partial charge in [-0.1, -0.05) is 0 Å². The molecule has 0 bridgehead atoms. The van der Waals surface area contributed by atoms with Crippen LogP contribution in [0.15, 0.2) is 12.4 Å². The molecule has 20 heavy (non-hydrogen) atoms. The van der Waals surface area contributed by atoms with Crippen molar-refractivity contribution in [2.45, 2.75) is 18.9 Å². The number of carboxylic acids is 1. The Labute approximate surface area is 113 Å². The molecular weight excluding hydrogens is 276 g/mol. The van der Waals surface area contributed by atoms with E-state index in [1.807, 2.05) is 0 Å². The van der Waals surface area contributed by atoms with E-state index < -0.39 is 31.0 Å². The van der Waals surface area contributed by atoms with Crippen molar-refractivity contribution in [3.8, 4) is 0 Å². The molecule has 1 aromatic rings. The molecule has 1 heterocycles. The molecule has 0 aromatic carbocycles. The number of carbonyl (C=O) groups excluding carboxylic acids is 1. The van der Waals surface area contributed by atoms with E-state index in [1.54, 1.807) is 7.05 Å². The smallest absolute Gasteiger partial charge is 0.331 e. The van der Waals surface area contributed by atoms with E-state index >= 15 is 0 Å². The first kappa shape index (κ1) is 16.0. The van der Waals surface area contributed by atoms with Crippen molar-refractivity contribution in [2.24, 2.45) is 7.05 Å². The van der Waals surface area contributed by atoms with E-state index in [9.17, 15) is 18.4 Å². The Morgan fingerprint density at radius 2 is 2.25 bits per heavy atom. The first-order valence-corrected chi connectivity index (χ1v) is 5.76. The predicted molar refractivity (Wildman–Crippen MR) is 63.2 cm³/mol. The zero-order valence-corrected chi connectivity index (χ0v) is 10.8. The van der Waals surface area contributed by atoms with Gasteiger partial charge in [0, 0.05) is 25.2 Å². The molecular formula is C11H15F2N3O4. The monoisotopic (exact) mass is 291 g/mol. The van der Waals surface area contributed by atoms with Crippen LogP contribution in [-0.2, 0) is 21.4 Å². The highest BCUT2D eigenvalue weighted by Gasteiger charge is 2.23. The molecule has 0 saturated carbocycles. The number of ether oxygens (including phenoxy) is 1. The molecule has 0 radical (unpaired) electrons. The van der Waals surface area contributed by atoms with E-state index in [-0.39, 0.29) is 13.0 Å². The van der Waals surface area contributed by atoms with Crippen LogP contribution in [0.1, 0.15) is 18.0 Å². The minimum Gasteiger partial charge on any atom is -0.479 e. The average Bonchev–Trinajstić information content (AvgIpc) is 2.77. The molecule has 112 valence electrons. The van der Waals surface area contributed by atoms with E-state index in [4.69, 9.17) is 5.11 Å². The molecule has 1 unspecified atom stereocenters. The second-order valence-electron chi connectivity index (χ2n) is 4.00. The molecule has 0 aliphatic heterocycles. The maximum atomic E-state index is 11.8. The summed E-state index contributed by atoms with van der Waals surface area (Å²) in [5.74, 6) is -1.84. The minimum absolute atomic E-state index is 0.198. The fourth-order valence-corrected chi connectivity index (χ4v) is 1.45. The fraction of sp³-hybridized carbons (Fsp3) is 0.545. The summed E-state index contributed by atoms with van der Waals surface area (Å²) in [6.07, 6.45) is -0.00427. The van der Waals surface area contributed by atoms with Crippen molar-refractivity contribution in [2.75, 3.05) is 13.2 Å². The van der Waals surface area contributed by atoms with Crippen LogP contribution in [0, 0.1) is 0 Å². The molecule has 0 saturated heterocycles. The number of hydrogen-bond acceptors (Lipinski definition) is 4. The number of carbonyl (C=O) groups is 2. The van der Waals surface area contributed by atoms with E-state index in [2.05, 4.69) is 15.2 Å². The topological polar surface area (TPSA) is 93.5 Å². The summed E-state index contributed by atoms with van der Waals surface area (Å²) in [4.78, 5) is 22.6. The van der Waals surface area contributed by atoms with Crippen molar-refractivity contribution in [1.29, 1.82) is 0 Å². The van der Waals surface area contributed by atoms with Gasteiger partial charge in [-0.25, -0.2) is 13.6 Å². The second kappa shape index (κ2) is 7.53. The second-order valence-corrected chi connectivity index (χ2v) is 4.00. The van der Waals surface area contributed by atoms with Gasteiger partial charge in [-0.3, -0.25) is 9.48 Å². The minimum atomic E-state index is -2.60. The molecule has 7 nitrogen and oxygen atoms in total. The standard InChI is InChI=1S/C11H15F2N3O4/c1-16-5-7(4-14-16)10(11(18)19)15-9(17)2-3-20-6-8(12)13/h4-5,8,10H,2-3,6H2,1H3,(H,15,17)(H,18,19). The van der Waals surface area contributed by atoms with Gasteiger partial charge in [-0.2, -0.15) is 5.10 Å². The number of halogens is 2. The number of aromatic nitrogens is 2. The van der Waals surface area contributed by atoms with Gasteiger partial charge in [0.1, 0.15) is 6.61 Å². The Kier molecular flexibility index (Phi) is 6.04. The number of nitrogens with zero attached hydrogens (tertiary/aromatic N) is 2. The molecule has 9 heteroatoms. The number of nitrogens with one attached hydrogen (secondary N) is 1. The van der Waals surface area contributed by atoms with E-state index in [0.717, 1.165) is 0 Å². The Hall–Kier alpha value is -2.03. The molecule has 1 rings (SSSR count).